The van der Waals surface area contributed by atoms with Gasteiger partial charge in [0.1, 0.15) is 17.3 Å². The van der Waals surface area contributed by atoms with Crippen LogP contribution in [0.5, 0.6) is 0 Å². The lowest BCUT2D eigenvalue weighted by Gasteiger charge is -1.93. The van der Waals surface area contributed by atoms with Gasteiger partial charge in [-0.05, 0) is 19.9 Å². The molecular weight excluding hydrogens is 220 g/mol. The summed E-state index contributed by atoms with van der Waals surface area (Å²) >= 11 is 0. The van der Waals surface area contributed by atoms with Crippen molar-refractivity contribution >= 4 is 5.78 Å². The second kappa shape index (κ2) is 4.82. The van der Waals surface area contributed by atoms with Gasteiger partial charge in [0, 0.05) is 19.0 Å². The van der Waals surface area contributed by atoms with Crippen molar-refractivity contribution in [2.45, 2.75) is 26.7 Å². The molecule has 0 spiro atoms. The van der Waals surface area contributed by atoms with Gasteiger partial charge >= 0.3 is 0 Å². The van der Waals surface area contributed by atoms with Gasteiger partial charge in [0.05, 0.1) is 0 Å². The molecule has 0 atom stereocenters. The van der Waals surface area contributed by atoms with Gasteiger partial charge in [0.15, 0.2) is 0 Å². The van der Waals surface area contributed by atoms with E-state index in [1.165, 1.54) is 6.92 Å². The third-order valence-electron chi connectivity index (χ3n) is 2.16. The molecule has 0 aliphatic heterocycles. The van der Waals surface area contributed by atoms with E-state index in [4.69, 9.17) is 4.52 Å². The molecule has 2 rings (SSSR count). The summed E-state index contributed by atoms with van der Waals surface area (Å²) in [5.41, 5.74) is 0.621. The van der Waals surface area contributed by atoms with Crippen LogP contribution in [0.2, 0.25) is 0 Å². The molecule has 6 heteroatoms. The Hall–Kier alpha value is -2.11. The van der Waals surface area contributed by atoms with Gasteiger partial charge in [0.2, 0.25) is 11.7 Å². The molecule has 0 radical (unpaired) electrons. The van der Waals surface area contributed by atoms with Crippen molar-refractivity contribution in [3.05, 3.63) is 24.0 Å². The van der Waals surface area contributed by atoms with Crippen LogP contribution in [0.15, 0.2) is 16.8 Å². The van der Waals surface area contributed by atoms with Crippen molar-refractivity contribution in [2.24, 2.45) is 0 Å². The molecule has 17 heavy (non-hydrogen) atoms. The molecular formula is C11H12N4O2. The number of ketones is 1. The number of Topliss-reactive ketones (excluding diaryl/α,β-unsaturated/α-hetero) is 1. The predicted octanol–water partition coefficient (Wildman–Crippen LogP) is 1.36. The molecule has 0 aromatic carbocycles. The van der Waals surface area contributed by atoms with Gasteiger partial charge in [-0.1, -0.05) is 5.16 Å². The highest BCUT2D eigenvalue weighted by atomic mass is 16.5. The third kappa shape index (κ3) is 2.93. The molecule has 0 N–H and O–H groups in total. The monoisotopic (exact) mass is 232 g/mol. The van der Waals surface area contributed by atoms with Crippen LogP contribution in [-0.4, -0.2) is 25.9 Å². The van der Waals surface area contributed by atoms with Crippen molar-refractivity contribution in [1.29, 1.82) is 0 Å². The van der Waals surface area contributed by atoms with Crippen molar-refractivity contribution < 1.29 is 9.32 Å². The molecule has 0 aliphatic carbocycles. The number of hydrogen-bond acceptors (Lipinski definition) is 6. The zero-order valence-electron chi connectivity index (χ0n) is 9.67. The molecule has 0 fully saturated rings. The Morgan fingerprint density at radius 3 is 2.94 bits per heavy atom. The second-order valence-corrected chi connectivity index (χ2v) is 3.70. The maximum absolute atomic E-state index is 10.8. The molecule has 0 amide bonds. The van der Waals surface area contributed by atoms with Gasteiger partial charge in [-0.25, -0.2) is 9.97 Å². The lowest BCUT2D eigenvalue weighted by atomic mass is 10.2. The highest BCUT2D eigenvalue weighted by Gasteiger charge is 2.10. The van der Waals surface area contributed by atoms with Gasteiger partial charge in [-0.2, -0.15) is 4.98 Å². The van der Waals surface area contributed by atoms with Gasteiger partial charge in [-0.3, -0.25) is 0 Å². The minimum atomic E-state index is 0.0997. The summed E-state index contributed by atoms with van der Waals surface area (Å²) in [5.74, 6) is 1.63. The number of aromatic nitrogens is 4. The quantitative estimate of drug-likeness (QED) is 0.791. The van der Waals surface area contributed by atoms with Crippen molar-refractivity contribution in [3.8, 4) is 11.5 Å². The van der Waals surface area contributed by atoms with Crippen LogP contribution in [0.1, 0.15) is 25.1 Å². The molecule has 0 saturated heterocycles. The Bertz CT molecular complexity index is 536. The fraction of sp³-hybridized carbons (Fsp3) is 0.364. The fourth-order valence-corrected chi connectivity index (χ4v) is 1.32. The molecule has 2 aromatic rings. The van der Waals surface area contributed by atoms with Crippen molar-refractivity contribution in [1.82, 2.24) is 20.1 Å². The zero-order chi connectivity index (χ0) is 12.3. The summed E-state index contributed by atoms with van der Waals surface area (Å²) in [5, 5.41) is 3.82. The normalized spacial score (nSPS) is 10.5. The van der Waals surface area contributed by atoms with Crippen LogP contribution in [0.25, 0.3) is 11.5 Å². The number of carbonyl (C=O) groups is 1. The number of carbonyl (C=O) groups excluding carboxylic acids is 1. The summed E-state index contributed by atoms with van der Waals surface area (Å²) in [6.45, 7) is 3.32. The van der Waals surface area contributed by atoms with Crippen molar-refractivity contribution in [2.75, 3.05) is 0 Å². The van der Waals surface area contributed by atoms with E-state index in [-0.39, 0.29) is 5.78 Å². The van der Waals surface area contributed by atoms with Gasteiger partial charge in [0.25, 0.3) is 0 Å². The first-order chi connectivity index (χ1) is 8.15. The van der Waals surface area contributed by atoms with E-state index in [9.17, 15) is 4.79 Å². The molecule has 0 unspecified atom stereocenters. The molecule has 6 nitrogen and oxygen atoms in total. The van der Waals surface area contributed by atoms with Crippen LogP contribution in [0.3, 0.4) is 0 Å². The largest absolute Gasteiger partial charge is 0.339 e. The molecule has 2 aromatic heterocycles. The lowest BCUT2D eigenvalue weighted by Crippen LogP contribution is -1.94. The van der Waals surface area contributed by atoms with E-state index < -0.39 is 0 Å². The number of hydrogen-bond donors (Lipinski definition) is 0. The third-order valence-corrected chi connectivity index (χ3v) is 2.16. The average Bonchev–Trinajstić information content (AvgIpc) is 2.75. The summed E-state index contributed by atoms with van der Waals surface area (Å²) in [7, 11) is 0. The van der Waals surface area contributed by atoms with Crippen LogP contribution >= 0.6 is 0 Å². The predicted molar refractivity (Wildman–Crippen MR) is 59.1 cm³/mol. The van der Waals surface area contributed by atoms with E-state index >= 15 is 0 Å². The second-order valence-electron chi connectivity index (χ2n) is 3.70. The molecule has 0 bridgehead atoms. The SMILES string of the molecule is CC(=O)CCc1nc(-c2ccnc(C)n2)no1. The summed E-state index contributed by atoms with van der Waals surface area (Å²) in [4.78, 5) is 23.2. The summed E-state index contributed by atoms with van der Waals surface area (Å²) < 4.78 is 5.04. The topological polar surface area (TPSA) is 81.8 Å². The number of rotatable bonds is 4. The number of aryl methyl sites for hydroxylation is 2. The Labute approximate surface area is 98.1 Å². The molecule has 0 aliphatic rings. The maximum Gasteiger partial charge on any atom is 0.227 e. The molecule has 2 heterocycles. The van der Waals surface area contributed by atoms with E-state index in [0.29, 0.717) is 36.1 Å². The summed E-state index contributed by atoms with van der Waals surface area (Å²) in [6.07, 6.45) is 2.51. The van der Waals surface area contributed by atoms with Crippen LogP contribution in [0.4, 0.5) is 0 Å². The molecule has 88 valence electrons. The standard InChI is InChI=1S/C11H12N4O2/c1-7(16)3-4-10-14-11(15-17-10)9-5-6-12-8(2)13-9/h5-6H,3-4H2,1-2H3. The summed E-state index contributed by atoms with van der Waals surface area (Å²) in [6, 6.07) is 1.71. The van der Waals surface area contributed by atoms with Crippen LogP contribution in [0, 0.1) is 6.92 Å². The first-order valence-electron chi connectivity index (χ1n) is 5.27. The first kappa shape index (κ1) is 11.4. The Morgan fingerprint density at radius 1 is 1.41 bits per heavy atom. The van der Waals surface area contributed by atoms with E-state index in [1.807, 2.05) is 0 Å². The zero-order valence-corrected chi connectivity index (χ0v) is 9.67. The molecule has 0 saturated carbocycles. The Balaban J connectivity index is 2.15. The van der Waals surface area contributed by atoms with Gasteiger partial charge in [-0.15, -0.1) is 0 Å². The van der Waals surface area contributed by atoms with Crippen molar-refractivity contribution in [3.63, 3.8) is 0 Å². The Morgan fingerprint density at radius 2 is 2.24 bits per heavy atom. The first-order valence-corrected chi connectivity index (χ1v) is 5.27. The lowest BCUT2D eigenvalue weighted by molar-refractivity contribution is -0.117. The van der Waals surface area contributed by atoms with E-state index in [0.717, 1.165) is 0 Å². The smallest absolute Gasteiger partial charge is 0.227 e. The minimum absolute atomic E-state index is 0.0997. The highest BCUT2D eigenvalue weighted by molar-refractivity contribution is 5.75. The van der Waals surface area contributed by atoms with Gasteiger partial charge < -0.3 is 9.32 Å². The average molecular weight is 232 g/mol. The van der Waals surface area contributed by atoms with Crippen LogP contribution in [-0.2, 0) is 11.2 Å². The van der Waals surface area contributed by atoms with E-state index in [2.05, 4.69) is 20.1 Å². The van der Waals surface area contributed by atoms with Crippen LogP contribution < -0.4 is 0 Å². The minimum Gasteiger partial charge on any atom is -0.339 e. The highest BCUT2D eigenvalue weighted by Crippen LogP contribution is 2.13. The number of nitrogens with zero attached hydrogens (tertiary/aromatic N) is 4. The maximum atomic E-state index is 10.8. The fourth-order valence-electron chi connectivity index (χ4n) is 1.32. The van der Waals surface area contributed by atoms with E-state index in [1.54, 1.807) is 19.2 Å². The Kier molecular flexibility index (Phi) is 3.22.